The van der Waals surface area contributed by atoms with E-state index in [0.717, 1.165) is 41.8 Å². The van der Waals surface area contributed by atoms with E-state index in [2.05, 4.69) is 46.6 Å². The fourth-order valence-electron chi connectivity index (χ4n) is 4.46. The fourth-order valence-corrected chi connectivity index (χ4v) is 4.46. The van der Waals surface area contributed by atoms with Crippen molar-refractivity contribution in [2.24, 2.45) is 7.05 Å². The lowest BCUT2D eigenvalue weighted by molar-refractivity contribution is 0.0933. The molecule has 1 amide bonds. The third-order valence-electron chi connectivity index (χ3n) is 6.15. The molecule has 0 aliphatic heterocycles. The zero-order valence-corrected chi connectivity index (χ0v) is 17.8. The van der Waals surface area contributed by atoms with Crippen molar-refractivity contribution in [3.8, 4) is 11.1 Å². The highest BCUT2D eigenvalue weighted by Gasteiger charge is 2.28. The number of rotatable bonds is 4. The Morgan fingerprint density at radius 1 is 1.16 bits per heavy atom. The van der Waals surface area contributed by atoms with E-state index in [1.807, 2.05) is 23.6 Å². The maximum atomic E-state index is 12.5. The Morgan fingerprint density at radius 2 is 1.87 bits per heavy atom. The van der Waals surface area contributed by atoms with Gasteiger partial charge in [-0.1, -0.05) is 24.3 Å². The number of aromatic nitrogens is 4. The van der Waals surface area contributed by atoms with Crippen molar-refractivity contribution in [2.75, 3.05) is 5.73 Å². The number of carbonyl (C=O) groups is 1. The van der Waals surface area contributed by atoms with Crippen LogP contribution in [-0.2, 0) is 7.05 Å². The van der Waals surface area contributed by atoms with Crippen molar-refractivity contribution >= 4 is 11.6 Å². The number of carbonyl (C=O) groups excluding carboxylic acids is 1. The molecule has 2 aromatic heterocycles. The predicted molar refractivity (Wildman–Crippen MR) is 118 cm³/mol. The quantitative estimate of drug-likeness (QED) is 0.507. The molecule has 0 unspecified atom stereocenters. The summed E-state index contributed by atoms with van der Waals surface area (Å²) in [6.07, 6.45) is 2.53. The molecule has 9 nitrogen and oxygen atoms in total. The van der Waals surface area contributed by atoms with Crippen molar-refractivity contribution in [3.05, 3.63) is 67.7 Å². The van der Waals surface area contributed by atoms with Gasteiger partial charge < -0.3 is 16.0 Å². The first-order chi connectivity index (χ1) is 14.7. The predicted octanol–water partition coefficient (Wildman–Crippen LogP) is 1.73. The van der Waals surface area contributed by atoms with Crippen LogP contribution < -0.4 is 22.3 Å². The van der Waals surface area contributed by atoms with E-state index in [1.54, 1.807) is 0 Å². The van der Waals surface area contributed by atoms with Crippen LogP contribution in [-0.4, -0.2) is 31.7 Å². The van der Waals surface area contributed by atoms with Gasteiger partial charge in [-0.25, -0.2) is 4.79 Å². The van der Waals surface area contributed by atoms with Crippen LogP contribution in [0.1, 0.15) is 52.6 Å². The highest BCUT2D eigenvalue weighted by Crippen LogP contribution is 2.36. The molecular weight excluding hydrogens is 396 g/mol. The van der Waals surface area contributed by atoms with E-state index >= 15 is 0 Å². The first kappa shape index (κ1) is 20.6. The van der Waals surface area contributed by atoms with Crippen molar-refractivity contribution in [2.45, 2.75) is 45.1 Å². The summed E-state index contributed by atoms with van der Waals surface area (Å²) < 4.78 is 1.89. The first-order valence-corrected chi connectivity index (χ1v) is 10.3. The monoisotopic (exact) mass is 422 g/mol. The van der Waals surface area contributed by atoms with Crippen LogP contribution in [0.4, 0.5) is 5.69 Å². The summed E-state index contributed by atoms with van der Waals surface area (Å²) in [6, 6.07) is 8.48. The minimum absolute atomic E-state index is 0.0535. The normalized spacial score (nSPS) is 18.3. The van der Waals surface area contributed by atoms with Gasteiger partial charge in [-0.3, -0.25) is 19.3 Å². The summed E-state index contributed by atoms with van der Waals surface area (Å²) in [5.41, 5.74) is 9.31. The molecule has 0 radical (unpaired) electrons. The molecule has 9 heteroatoms. The summed E-state index contributed by atoms with van der Waals surface area (Å²) >= 11 is 0. The summed E-state index contributed by atoms with van der Waals surface area (Å²) in [5.74, 6) is -0.213. The van der Waals surface area contributed by atoms with Crippen LogP contribution in [0.5, 0.6) is 0 Å². The molecule has 31 heavy (non-hydrogen) atoms. The van der Waals surface area contributed by atoms with Gasteiger partial charge >= 0.3 is 5.69 Å². The van der Waals surface area contributed by atoms with Gasteiger partial charge in [-0.2, -0.15) is 5.10 Å². The minimum Gasteiger partial charge on any atom is -0.392 e. The number of aryl methyl sites for hydroxylation is 2. The molecule has 1 aliphatic rings. The summed E-state index contributed by atoms with van der Waals surface area (Å²) in [7, 11) is 1.95. The molecule has 3 aromatic rings. The zero-order chi connectivity index (χ0) is 22.3. The molecule has 0 bridgehead atoms. The number of aromatic amines is 2. The number of hydrogen-bond donors (Lipinski definition) is 4. The molecule has 2 heterocycles. The van der Waals surface area contributed by atoms with Crippen molar-refractivity contribution in [1.29, 1.82) is 0 Å². The molecule has 1 saturated carbocycles. The Kier molecular flexibility index (Phi) is 5.26. The second-order valence-corrected chi connectivity index (χ2v) is 8.17. The molecule has 0 saturated heterocycles. The highest BCUT2D eigenvalue weighted by molar-refractivity contribution is 5.97. The molecular formula is C22H26N6O3. The standard InChI is InChI=1S/C22H26N6O3/c1-11-17(12(2)28(3)27-11)14-6-4-13(5-7-14)15-8-9-16(10-15)24-21(30)19-18(23)20(29)26-22(31)25-19/h4-7,15-16H,8-10,23H2,1-3H3,(H,24,30)(H2,25,26,29,31)/t15-,16+/m1/s1. The lowest BCUT2D eigenvalue weighted by Crippen LogP contribution is -2.37. The molecule has 1 aliphatic carbocycles. The topological polar surface area (TPSA) is 139 Å². The van der Waals surface area contributed by atoms with Gasteiger partial charge in [0.05, 0.1) is 5.69 Å². The Balaban J connectivity index is 1.45. The number of anilines is 1. The third-order valence-corrected chi connectivity index (χ3v) is 6.15. The Bertz CT molecular complexity index is 1250. The number of nitrogen functional groups attached to an aromatic ring is 1. The highest BCUT2D eigenvalue weighted by atomic mass is 16.2. The molecule has 4 rings (SSSR count). The van der Waals surface area contributed by atoms with E-state index in [4.69, 9.17) is 5.73 Å². The van der Waals surface area contributed by atoms with Gasteiger partial charge in [0, 0.05) is 24.3 Å². The number of hydrogen-bond acceptors (Lipinski definition) is 5. The van der Waals surface area contributed by atoms with Crippen LogP contribution in [0, 0.1) is 13.8 Å². The minimum atomic E-state index is -0.766. The van der Waals surface area contributed by atoms with Crippen LogP contribution >= 0.6 is 0 Å². The fraction of sp³-hybridized carbons (Fsp3) is 0.364. The molecule has 1 fully saturated rings. The maximum Gasteiger partial charge on any atom is 0.326 e. The zero-order valence-electron chi connectivity index (χ0n) is 17.8. The van der Waals surface area contributed by atoms with E-state index < -0.39 is 17.2 Å². The number of nitrogens with zero attached hydrogens (tertiary/aromatic N) is 2. The van der Waals surface area contributed by atoms with Crippen LogP contribution in [0.25, 0.3) is 11.1 Å². The lowest BCUT2D eigenvalue weighted by atomic mass is 9.94. The summed E-state index contributed by atoms with van der Waals surface area (Å²) in [4.78, 5) is 39.9. The smallest absolute Gasteiger partial charge is 0.326 e. The lowest BCUT2D eigenvalue weighted by Gasteiger charge is -2.14. The molecule has 2 atom stereocenters. The average molecular weight is 422 g/mol. The number of H-pyrrole nitrogens is 2. The van der Waals surface area contributed by atoms with Gasteiger partial charge in [0.25, 0.3) is 11.5 Å². The van der Waals surface area contributed by atoms with Gasteiger partial charge in [0.2, 0.25) is 0 Å². The molecule has 1 aromatic carbocycles. The van der Waals surface area contributed by atoms with Gasteiger partial charge in [-0.05, 0) is 50.2 Å². The third kappa shape index (κ3) is 3.90. The van der Waals surface area contributed by atoms with E-state index in [0.29, 0.717) is 5.92 Å². The number of amides is 1. The Labute approximate surface area is 178 Å². The second-order valence-electron chi connectivity index (χ2n) is 8.17. The second kappa shape index (κ2) is 7.90. The molecule has 5 N–H and O–H groups in total. The van der Waals surface area contributed by atoms with Crippen molar-refractivity contribution < 1.29 is 4.79 Å². The number of benzene rings is 1. The first-order valence-electron chi connectivity index (χ1n) is 10.3. The summed E-state index contributed by atoms with van der Waals surface area (Å²) in [5, 5.41) is 7.38. The van der Waals surface area contributed by atoms with Gasteiger partial charge in [-0.15, -0.1) is 0 Å². The van der Waals surface area contributed by atoms with Crippen molar-refractivity contribution in [1.82, 2.24) is 25.1 Å². The van der Waals surface area contributed by atoms with Crippen molar-refractivity contribution in [3.63, 3.8) is 0 Å². The Morgan fingerprint density at radius 3 is 2.52 bits per heavy atom. The average Bonchev–Trinajstić information content (AvgIpc) is 3.29. The largest absolute Gasteiger partial charge is 0.392 e. The molecule has 162 valence electrons. The van der Waals surface area contributed by atoms with E-state index in [-0.39, 0.29) is 17.4 Å². The van der Waals surface area contributed by atoms with Crippen LogP contribution in [0.3, 0.4) is 0 Å². The number of nitrogens with two attached hydrogens (primary N) is 1. The van der Waals surface area contributed by atoms with E-state index in [1.165, 1.54) is 5.56 Å². The van der Waals surface area contributed by atoms with Crippen LogP contribution in [0.2, 0.25) is 0 Å². The Hall–Kier alpha value is -3.62. The molecule has 0 spiro atoms. The van der Waals surface area contributed by atoms with E-state index in [9.17, 15) is 14.4 Å². The maximum absolute atomic E-state index is 12.5. The van der Waals surface area contributed by atoms with Gasteiger partial charge in [0.15, 0.2) is 0 Å². The SMILES string of the molecule is Cc1nn(C)c(C)c1-c1ccc([C@@H]2CC[C@H](NC(=O)c3[nH]c(=O)[nH]c(=O)c3N)C2)cc1. The van der Waals surface area contributed by atoms with Gasteiger partial charge in [0.1, 0.15) is 11.4 Å². The van der Waals surface area contributed by atoms with Crippen LogP contribution in [0.15, 0.2) is 33.9 Å². The number of nitrogens with one attached hydrogen (secondary N) is 3. The summed E-state index contributed by atoms with van der Waals surface area (Å²) in [6.45, 7) is 4.08.